The number of carbonyl (C=O) groups excluding carboxylic acids is 1. The van der Waals surface area contributed by atoms with Gasteiger partial charge in [-0.05, 0) is 55.4 Å². The second kappa shape index (κ2) is 10.4. The molecule has 5 rings (SSSR count). The van der Waals surface area contributed by atoms with Crippen molar-refractivity contribution in [3.8, 4) is 17.1 Å². The molecule has 1 aliphatic rings. The number of aromatic nitrogens is 2. The topological polar surface area (TPSA) is 84.5 Å². The average molecular weight is 490 g/mol. The molecule has 0 saturated carbocycles. The zero-order valence-electron chi connectivity index (χ0n) is 19.4. The normalized spacial score (nSPS) is 14.4. The van der Waals surface area contributed by atoms with Gasteiger partial charge in [0.2, 0.25) is 0 Å². The number of aromatic amines is 1. The molecule has 180 valence electrons. The highest BCUT2D eigenvalue weighted by atomic mass is 35.5. The molecule has 1 saturated heterocycles. The van der Waals surface area contributed by atoms with E-state index in [1.54, 1.807) is 24.3 Å². The van der Waals surface area contributed by atoms with Crippen LogP contribution in [0.5, 0.6) is 5.75 Å². The average Bonchev–Trinajstić information content (AvgIpc) is 3.33. The van der Waals surface area contributed by atoms with Crippen LogP contribution in [-0.4, -0.2) is 65.2 Å². The van der Waals surface area contributed by atoms with Gasteiger partial charge in [0.25, 0.3) is 5.91 Å². The third-order valence-electron chi connectivity index (χ3n) is 6.39. The molecule has 1 amide bonds. The molecule has 0 aliphatic carbocycles. The number of carbonyl (C=O) groups is 1. The summed E-state index contributed by atoms with van der Waals surface area (Å²) in [5.74, 6) is 0.720. The van der Waals surface area contributed by atoms with Crippen molar-refractivity contribution in [1.29, 1.82) is 0 Å². The van der Waals surface area contributed by atoms with Crippen LogP contribution in [0.15, 0.2) is 66.7 Å². The van der Waals surface area contributed by atoms with E-state index < -0.39 is 0 Å². The number of H-pyrrole nitrogens is 1. The van der Waals surface area contributed by atoms with Gasteiger partial charge in [0.15, 0.2) is 0 Å². The lowest BCUT2D eigenvalue weighted by molar-refractivity contribution is 0.0951. The van der Waals surface area contributed by atoms with Gasteiger partial charge in [0, 0.05) is 54.6 Å². The summed E-state index contributed by atoms with van der Waals surface area (Å²) in [6.45, 7) is 5.55. The van der Waals surface area contributed by atoms with E-state index in [4.69, 9.17) is 11.6 Å². The summed E-state index contributed by atoms with van der Waals surface area (Å²) >= 11 is 6.12. The van der Waals surface area contributed by atoms with Crippen LogP contribution in [0.2, 0.25) is 5.02 Å². The summed E-state index contributed by atoms with van der Waals surface area (Å²) < 4.78 is 0. The van der Waals surface area contributed by atoms with Gasteiger partial charge in [-0.25, -0.2) is 4.98 Å². The minimum atomic E-state index is -0.0791. The Kier molecular flexibility index (Phi) is 6.88. The van der Waals surface area contributed by atoms with Gasteiger partial charge in [-0.2, -0.15) is 0 Å². The smallest absolute Gasteiger partial charge is 0.251 e. The molecular weight excluding hydrogens is 462 g/mol. The number of amides is 1. The number of hydrogen-bond donors (Lipinski definition) is 3. The summed E-state index contributed by atoms with van der Waals surface area (Å²) in [4.78, 5) is 25.0. The fourth-order valence-corrected chi connectivity index (χ4v) is 4.63. The van der Waals surface area contributed by atoms with Gasteiger partial charge in [0.05, 0.1) is 5.52 Å². The van der Waals surface area contributed by atoms with Crippen LogP contribution >= 0.6 is 11.6 Å². The molecule has 0 atom stereocenters. The van der Waals surface area contributed by atoms with Crippen molar-refractivity contribution in [2.45, 2.75) is 6.42 Å². The predicted octanol–water partition coefficient (Wildman–Crippen LogP) is 4.53. The number of nitrogens with one attached hydrogen (secondary N) is 2. The molecule has 1 aliphatic heterocycles. The number of aromatic hydroxyl groups is 1. The lowest BCUT2D eigenvalue weighted by Gasteiger charge is -2.36. The first-order valence-electron chi connectivity index (χ1n) is 11.9. The highest BCUT2D eigenvalue weighted by Gasteiger charge is 2.17. The van der Waals surface area contributed by atoms with Crippen molar-refractivity contribution in [2.24, 2.45) is 0 Å². The van der Waals surface area contributed by atoms with Crippen LogP contribution in [0.3, 0.4) is 0 Å². The number of rotatable bonds is 7. The Hall–Kier alpha value is -3.55. The number of para-hydroxylation sites is 1. The van der Waals surface area contributed by atoms with Gasteiger partial charge in [0.1, 0.15) is 17.1 Å². The first-order valence-corrected chi connectivity index (χ1v) is 12.2. The maximum Gasteiger partial charge on any atom is 0.251 e. The molecule has 7 nitrogen and oxygen atoms in total. The molecule has 4 aromatic rings. The monoisotopic (exact) mass is 489 g/mol. The molecule has 0 spiro atoms. The molecule has 0 bridgehead atoms. The van der Waals surface area contributed by atoms with E-state index in [2.05, 4.69) is 31.2 Å². The Labute approximate surface area is 209 Å². The summed E-state index contributed by atoms with van der Waals surface area (Å²) in [6.07, 6.45) is 0.906. The minimum absolute atomic E-state index is 0.0791. The largest absolute Gasteiger partial charge is 0.506 e. The zero-order chi connectivity index (χ0) is 24.2. The van der Waals surface area contributed by atoms with Crippen LogP contribution < -0.4 is 10.2 Å². The number of hydrogen-bond acceptors (Lipinski definition) is 5. The van der Waals surface area contributed by atoms with E-state index in [1.165, 1.54) is 5.69 Å². The molecule has 1 aromatic heterocycles. The quantitative estimate of drug-likeness (QED) is 0.332. The van der Waals surface area contributed by atoms with Crippen molar-refractivity contribution in [3.05, 3.63) is 77.3 Å². The standard InChI is InChI=1S/C27H28ClN5O2/c28-21-4-1-5-22(18-21)33-16-14-32(15-17-33)13-3-12-29-27(35)20-10-8-19(9-11-20)26-30-23-6-2-7-24(34)25(23)31-26/h1-2,4-11,18,34H,3,12-17H2,(H,29,35)(H,30,31). The van der Waals surface area contributed by atoms with Crippen molar-refractivity contribution in [3.63, 3.8) is 0 Å². The molecule has 3 N–H and O–H groups in total. The number of nitrogens with zero attached hydrogens (tertiary/aromatic N) is 3. The first-order chi connectivity index (χ1) is 17.1. The zero-order valence-corrected chi connectivity index (χ0v) is 20.1. The lowest BCUT2D eigenvalue weighted by atomic mass is 10.1. The third kappa shape index (κ3) is 5.42. The maximum atomic E-state index is 12.6. The van der Waals surface area contributed by atoms with Gasteiger partial charge >= 0.3 is 0 Å². The van der Waals surface area contributed by atoms with Crippen LogP contribution in [0.1, 0.15) is 16.8 Å². The third-order valence-corrected chi connectivity index (χ3v) is 6.63. The van der Waals surface area contributed by atoms with E-state index in [-0.39, 0.29) is 11.7 Å². The lowest BCUT2D eigenvalue weighted by Crippen LogP contribution is -2.47. The van der Waals surface area contributed by atoms with Crippen LogP contribution in [0.25, 0.3) is 22.4 Å². The molecule has 3 aromatic carbocycles. The number of fused-ring (bicyclic) bond motifs is 1. The maximum absolute atomic E-state index is 12.6. The summed E-state index contributed by atoms with van der Waals surface area (Å²) in [7, 11) is 0. The van der Waals surface area contributed by atoms with E-state index in [9.17, 15) is 9.90 Å². The fourth-order valence-electron chi connectivity index (χ4n) is 4.44. The Balaban J connectivity index is 1.07. The van der Waals surface area contributed by atoms with Crippen LogP contribution in [-0.2, 0) is 0 Å². The number of benzene rings is 3. The Morgan fingerprint density at radius 1 is 1.03 bits per heavy atom. The van der Waals surface area contributed by atoms with Gasteiger partial charge in [-0.3, -0.25) is 9.69 Å². The first kappa shape index (κ1) is 23.2. The van der Waals surface area contributed by atoms with Crippen molar-refractivity contribution < 1.29 is 9.90 Å². The van der Waals surface area contributed by atoms with Crippen molar-refractivity contribution in [1.82, 2.24) is 20.2 Å². The molecular formula is C27H28ClN5O2. The summed E-state index contributed by atoms with van der Waals surface area (Å²) in [5, 5.41) is 13.7. The summed E-state index contributed by atoms with van der Waals surface area (Å²) in [5.41, 5.74) is 3.95. The summed E-state index contributed by atoms with van der Waals surface area (Å²) in [6, 6.07) is 20.6. The minimum Gasteiger partial charge on any atom is -0.506 e. The highest BCUT2D eigenvalue weighted by molar-refractivity contribution is 6.30. The van der Waals surface area contributed by atoms with Crippen LogP contribution in [0.4, 0.5) is 5.69 Å². The van der Waals surface area contributed by atoms with Gasteiger partial charge < -0.3 is 20.3 Å². The van der Waals surface area contributed by atoms with E-state index >= 15 is 0 Å². The molecule has 35 heavy (non-hydrogen) atoms. The Bertz CT molecular complexity index is 1310. The van der Waals surface area contributed by atoms with Crippen molar-refractivity contribution >= 4 is 34.2 Å². The Morgan fingerprint density at radius 2 is 1.80 bits per heavy atom. The number of imidazole rings is 1. The highest BCUT2D eigenvalue weighted by Crippen LogP contribution is 2.26. The molecule has 0 radical (unpaired) electrons. The molecule has 0 unspecified atom stereocenters. The number of anilines is 1. The van der Waals surface area contributed by atoms with Crippen molar-refractivity contribution in [2.75, 3.05) is 44.2 Å². The Morgan fingerprint density at radius 3 is 2.54 bits per heavy atom. The number of piperazine rings is 1. The fraction of sp³-hybridized carbons (Fsp3) is 0.259. The number of halogens is 1. The van der Waals surface area contributed by atoms with Gasteiger partial charge in [-0.15, -0.1) is 0 Å². The molecule has 1 fully saturated rings. The van der Waals surface area contributed by atoms with E-state index in [0.29, 0.717) is 23.4 Å². The van der Waals surface area contributed by atoms with E-state index in [1.807, 2.05) is 36.4 Å². The molecule has 2 heterocycles. The predicted molar refractivity (Wildman–Crippen MR) is 140 cm³/mol. The number of phenolic OH excluding ortho intramolecular Hbond substituents is 1. The van der Waals surface area contributed by atoms with Gasteiger partial charge in [-0.1, -0.05) is 35.9 Å². The van der Waals surface area contributed by atoms with Crippen LogP contribution in [0, 0.1) is 0 Å². The van der Waals surface area contributed by atoms with E-state index in [0.717, 1.165) is 55.2 Å². The second-order valence-corrected chi connectivity index (χ2v) is 9.19. The molecule has 8 heteroatoms. The second-order valence-electron chi connectivity index (χ2n) is 8.75. The number of phenols is 1. The SMILES string of the molecule is O=C(NCCCN1CCN(c2cccc(Cl)c2)CC1)c1ccc(-c2nc3c(O)cccc3[nH]2)cc1.